The minimum absolute atomic E-state index is 0.132. The molecule has 0 fully saturated rings. The van der Waals surface area contributed by atoms with Crippen LogP contribution < -0.4 is 4.74 Å². The van der Waals surface area contributed by atoms with Gasteiger partial charge in [0.2, 0.25) is 0 Å². The fourth-order valence-corrected chi connectivity index (χ4v) is 1.20. The molecule has 0 saturated heterocycles. The van der Waals surface area contributed by atoms with Crippen LogP contribution in [0.2, 0.25) is 0 Å². The van der Waals surface area contributed by atoms with Crippen LogP contribution in [-0.2, 0) is 5.60 Å². The molecule has 0 aliphatic heterocycles. The minimum Gasteiger partial charge on any atom is -0.434 e. The third-order valence-corrected chi connectivity index (χ3v) is 1.99. The molecule has 1 rings (SSSR count). The molecule has 1 atom stereocenters. The van der Waals surface area contributed by atoms with Gasteiger partial charge in [-0.1, -0.05) is 18.2 Å². The van der Waals surface area contributed by atoms with Crippen molar-refractivity contribution in [3.63, 3.8) is 0 Å². The Hall–Kier alpha value is -1.20. The number of aliphatic hydroxyl groups is 2. The second-order valence-electron chi connectivity index (χ2n) is 3.31. The normalized spacial score (nSPS) is 15.1. The topological polar surface area (TPSA) is 49.7 Å². The highest BCUT2D eigenvalue weighted by atomic mass is 19.3. The van der Waals surface area contributed by atoms with Gasteiger partial charge in [0.25, 0.3) is 0 Å². The van der Waals surface area contributed by atoms with Crippen molar-refractivity contribution < 1.29 is 23.7 Å². The maximum Gasteiger partial charge on any atom is 0.387 e. The fourth-order valence-electron chi connectivity index (χ4n) is 1.20. The molecule has 1 unspecified atom stereocenters. The molecule has 0 aromatic heterocycles. The van der Waals surface area contributed by atoms with Crippen molar-refractivity contribution in [2.75, 3.05) is 6.61 Å². The Morgan fingerprint density at radius 1 is 1.40 bits per heavy atom. The van der Waals surface area contributed by atoms with Gasteiger partial charge in [0.15, 0.2) is 0 Å². The number of ether oxygens (including phenoxy) is 1. The number of benzene rings is 1. The van der Waals surface area contributed by atoms with Crippen molar-refractivity contribution in [1.29, 1.82) is 0 Å². The average Bonchev–Trinajstić information content (AvgIpc) is 2.17. The lowest BCUT2D eigenvalue weighted by molar-refractivity contribution is -0.0568. The van der Waals surface area contributed by atoms with Crippen LogP contribution in [0.15, 0.2) is 24.3 Å². The molecule has 0 bridgehead atoms. The standard InChI is InChI=1S/C10H12F2O3/c1-10(14,6-13)7-4-2-3-5-8(7)15-9(11)12/h2-5,9,13-14H,6H2,1H3. The zero-order valence-electron chi connectivity index (χ0n) is 8.15. The quantitative estimate of drug-likeness (QED) is 0.804. The first-order chi connectivity index (χ1) is 6.97. The highest BCUT2D eigenvalue weighted by Gasteiger charge is 2.26. The first-order valence-corrected chi connectivity index (χ1v) is 4.35. The summed E-state index contributed by atoms with van der Waals surface area (Å²) in [6, 6.07) is 5.81. The van der Waals surface area contributed by atoms with E-state index in [1.54, 1.807) is 6.07 Å². The monoisotopic (exact) mass is 218 g/mol. The molecule has 5 heteroatoms. The highest BCUT2D eigenvalue weighted by molar-refractivity contribution is 5.37. The first-order valence-electron chi connectivity index (χ1n) is 4.35. The van der Waals surface area contributed by atoms with Crippen LogP contribution >= 0.6 is 0 Å². The number of rotatable bonds is 4. The summed E-state index contributed by atoms with van der Waals surface area (Å²) in [6.07, 6.45) is 0. The molecule has 1 aromatic rings. The Kier molecular flexibility index (Phi) is 3.60. The summed E-state index contributed by atoms with van der Waals surface area (Å²) in [7, 11) is 0. The minimum atomic E-state index is -2.96. The van der Waals surface area contributed by atoms with Crippen LogP contribution in [-0.4, -0.2) is 23.4 Å². The zero-order valence-corrected chi connectivity index (χ0v) is 8.15. The maximum atomic E-state index is 12.0. The molecule has 0 saturated carbocycles. The van der Waals surface area contributed by atoms with Gasteiger partial charge in [-0.2, -0.15) is 8.78 Å². The Morgan fingerprint density at radius 2 is 2.00 bits per heavy atom. The third-order valence-electron chi connectivity index (χ3n) is 1.99. The molecule has 2 N–H and O–H groups in total. The molecule has 0 aliphatic rings. The average molecular weight is 218 g/mol. The number of aliphatic hydroxyl groups excluding tert-OH is 1. The van der Waals surface area contributed by atoms with Gasteiger partial charge in [0, 0.05) is 5.56 Å². The van der Waals surface area contributed by atoms with E-state index in [2.05, 4.69) is 4.74 Å². The Labute approximate surface area is 85.9 Å². The fraction of sp³-hybridized carbons (Fsp3) is 0.400. The third kappa shape index (κ3) is 2.87. The summed E-state index contributed by atoms with van der Waals surface area (Å²) >= 11 is 0. The predicted molar refractivity (Wildman–Crippen MR) is 49.7 cm³/mol. The van der Waals surface area contributed by atoms with E-state index in [0.29, 0.717) is 0 Å². The van der Waals surface area contributed by atoms with E-state index >= 15 is 0 Å². The molecule has 0 spiro atoms. The zero-order chi connectivity index (χ0) is 11.5. The molecule has 0 heterocycles. The van der Waals surface area contributed by atoms with Crippen molar-refractivity contribution in [2.45, 2.75) is 19.1 Å². The van der Waals surface area contributed by atoms with Crippen molar-refractivity contribution in [1.82, 2.24) is 0 Å². The Morgan fingerprint density at radius 3 is 2.53 bits per heavy atom. The highest BCUT2D eigenvalue weighted by Crippen LogP contribution is 2.30. The summed E-state index contributed by atoms with van der Waals surface area (Å²) in [6.45, 7) is -2.21. The van der Waals surface area contributed by atoms with Gasteiger partial charge >= 0.3 is 6.61 Å². The van der Waals surface area contributed by atoms with E-state index in [1.165, 1.54) is 25.1 Å². The smallest absolute Gasteiger partial charge is 0.387 e. The number of hydrogen-bond acceptors (Lipinski definition) is 3. The number of halogens is 2. The van der Waals surface area contributed by atoms with Crippen LogP contribution in [0, 0.1) is 0 Å². The van der Waals surface area contributed by atoms with Crippen molar-refractivity contribution >= 4 is 0 Å². The molecule has 84 valence electrons. The van der Waals surface area contributed by atoms with Crippen LogP contribution in [0.4, 0.5) is 8.78 Å². The molecule has 0 aliphatic carbocycles. The summed E-state index contributed by atoms with van der Waals surface area (Å²) < 4.78 is 28.3. The molecule has 0 amide bonds. The maximum absolute atomic E-state index is 12.0. The Bertz CT molecular complexity index is 326. The lowest BCUT2D eigenvalue weighted by atomic mass is 9.96. The van der Waals surface area contributed by atoms with Gasteiger partial charge in [0.05, 0.1) is 6.61 Å². The molecule has 1 aromatic carbocycles. The van der Waals surface area contributed by atoms with Crippen LogP contribution in [0.5, 0.6) is 5.75 Å². The van der Waals surface area contributed by atoms with E-state index in [9.17, 15) is 13.9 Å². The molecule has 0 radical (unpaired) electrons. The van der Waals surface area contributed by atoms with Gasteiger partial charge in [-0.25, -0.2) is 0 Å². The second-order valence-corrected chi connectivity index (χ2v) is 3.31. The second kappa shape index (κ2) is 4.55. The van der Waals surface area contributed by atoms with Gasteiger partial charge in [-0.3, -0.25) is 0 Å². The van der Waals surface area contributed by atoms with Gasteiger partial charge in [-0.15, -0.1) is 0 Å². The summed E-state index contributed by atoms with van der Waals surface area (Å²) in [5.41, 5.74) is -1.46. The van der Waals surface area contributed by atoms with E-state index in [1.807, 2.05) is 0 Å². The first kappa shape index (κ1) is 11.9. The van der Waals surface area contributed by atoms with Gasteiger partial charge < -0.3 is 14.9 Å². The molecular formula is C10H12F2O3. The van der Waals surface area contributed by atoms with Crippen molar-refractivity contribution in [3.05, 3.63) is 29.8 Å². The predicted octanol–water partition coefficient (Wildman–Crippen LogP) is 1.49. The van der Waals surface area contributed by atoms with Crippen LogP contribution in [0.3, 0.4) is 0 Å². The van der Waals surface area contributed by atoms with Gasteiger partial charge in [0.1, 0.15) is 11.4 Å². The van der Waals surface area contributed by atoms with Crippen LogP contribution in [0.25, 0.3) is 0 Å². The van der Waals surface area contributed by atoms with E-state index in [0.717, 1.165) is 0 Å². The molecular weight excluding hydrogens is 206 g/mol. The number of alkyl halides is 2. The summed E-state index contributed by atoms with van der Waals surface area (Å²) in [4.78, 5) is 0. The summed E-state index contributed by atoms with van der Waals surface area (Å²) in [5.74, 6) is -0.133. The number of para-hydroxylation sites is 1. The lowest BCUT2D eigenvalue weighted by Gasteiger charge is -2.23. The molecule has 3 nitrogen and oxygen atoms in total. The van der Waals surface area contributed by atoms with Crippen molar-refractivity contribution in [3.8, 4) is 5.75 Å². The van der Waals surface area contributed by atoms with Crippen LogP contribution in [0.1, 0.15) is 12.5 Å². The SMILES string of the molecule is CC(O)(CO)c1ccccc1OC(F)F. The van der Waals surface area contributed by atoms with Crippen molar-refractivity contribution in [2.24, 2.45) is 0 Å². The lowest BCUT2D eigenvalue weighted by Crippen LogP contribution is -2.27. The largest absolute Gasteiger partial charge is 0.434 e. The van der Waals surface area contributed by atoms with E-state index in [4.69, 9.17) is 5.11 Å². The van der Waals surface area contributed by atoms with E-state index < -0.39 is 18.8 Å². The Balaban J connectivity index is 3.06. The van der Waals surface area contributed by atoms with E-state index in [-0.39, 0.29) is 11.3 Å². The number of hydrogen-bond donors (Lipinski definition) is 2. The molecule has 15 heavy (non-hydrogen) atoms. The summed E-state index contributed by atoms with van der Waals surface area (Å²) in [5, 5.41) is 18.6. The van der Waals surface area contributed by atoms with Gasteiger partial charge in [-0.05, 0) is 13.0 Å².